The standard InChI is InChI=1S/C8H13NO/c1-6(2)7-9-8(3,4)5-10-7/h1,5H2,2-4H3. The SMILES string of the molecule is C=C(C)C1=NC(C)(C)CO1. The van der Waals surface area contributed by atoms with E-state index in [2.05, 4.69) is 11.6 Å². The number of aliphatic imine (C=N–C) groups is 1. The molecule has 1 rings (SSSR count). The predicted octanol–water partition coefficient (Wildman–Crippen LogP) is 1.77. The molecule has 1 heterocycles. The van der Waals surface area contributed by atoms with Crippen molar-refractivity contribution in [2.75, 3.05) is 6.61 Å². The summed E-state index contributed by atoms with van der Waals surface area (Å²) in [6.45, 7) is 10.4. The lowest BCUT2D eigenvalue weighted by Gasteiger charge is -2.07. The van der Waals surface area contributed by atoms with Gasteiger partial charge in [-0.2, -0.15) is 0 Å². The predicted molar refractivity (Wildman–Crippen MR) is 42.3 cm³/mol. The van der Waals surface area contributed by atoms with E-state index in [1.54, 1.807) is 0 Å². The van der Waals surface area contributed by atoms with Gasteiger partial charge in [0.05, 0.1) is 5.54 Å². The second-order valence-electron chi connectivity index (χ2n) is 3.30. The summed E-state index contributed by atoms with van der Waals surface area (Å²) in [5, 5.41) is 0. The Morgan fingerprint density at radius 3 is 2.50 bits per heavy atom. The van der Waals surface area contributed by atoms with Crippen molar-refractivity contribution >= 4 is 5.90 Å². The molecule has 10 heavy (non-hydrogen) atoms. The molecule has 0 saturated carbocycles. The monoisotopic (exact) mass is 139 g/mol. The Morgan fingerprint density at radius 2 is 2.30 bits per heavy atom. The molecule has 2 heteroatoms. The lowest BCUT2D eigenvalue weighted by Crippen LogP contribution is -2.17. The summed E-state index contributed by atoms with van der Waals surface area (Å²) >= 11 is 0. The Labute approximate surface area is 61.6 Å². The van der Waals surface area contributed by atoms with Gasteiger partial charge in [-0.3, -0.25) is 0 Å². The fraction of sp³-hybridized carbons (Fsp3) is 0.625. The minimum Gasteiger partial charge on any atom is -0.475 e. The molecule has 0 fully saturated rings. The molecule has 0 aromatic carbocycles. The first-order chi connectivity index (χ1) is 4.51. The summed E-state index contributed by atoms with van der Waals surface area (Å²) in [6, 6.07) is 0. The van der Waals surface area contributed by atoms with Crippen LogP contribution in [0.15, 0.2) is 17.1 Å². The second-order valence-corrected chi connectivity index (χ2v) is 3.30. The molecule has 1 aliphatic rings. The van der Waals surface area contributed by atoms with Crippen LogP contribution < -0.4 is 0 Å². The van der Waals surface area contributed by atoms with E-state index in [-0.39, 0.29) is 5.54 Å². The van der Waals surface area contributed by atoms with E-state index < -0.39 is 0 Å². The maximum Gasteiger partial charge on any atom is 0.211 e. The van der Waals surface area contributed by atoms with E-state index in [0.29, 0.717) is 12.5 Å². The zero-order chi connectivity index (χ0) is 7.78. The third kappa shape index (κ3) is 1.38. The summed E-state index contributed by atoms with van der Waals surface area (Å²) in [7, 11) is 0. The van der Waals surface area contributed by atoms with Crippen LogP contribution >= 0.6 is 0 Å². The fourth-order valence-corrected chi connectivity index (χ4v) is 0.803. The summed E-state index contributed by atoms with van der Waals surface area (Å²) in [5.41, 5.74) is 0.861. The van der Waals surface area contributed by atoms with Gasteiger partial charge in [0.2, 0.25) is 5.90 Å². The molecule has 2 nitrogen and oxygen atoms in total. The summed E-state index contributed by atoms with van der Waals surface area (Å²) in [6.07, 6.45) is 0. The van der Waals surface area contributed by atoms with Crippen LogP contribution in [0.2, 0.25) is 0 Å². The highest BCUT2D eigenvalue weighted by Gasteiger charge is 2.25. The van der Waals surface area contributed by atoms with Gasteiger partial charge in [-0.25, -0.2) is 4.99 Å². The highest BCUT2D eigenvalue weighted by Crippen LogP contribution is 2.19. The molecule has 0 aliphatic carbocycles. The minimum atomic E-state index is -0.0473. The molecule has 0 aromatic heterocycles. The van der Waals surface area contributed by atoms with Crippen LogP contribution in [0.5, 0.6) is 0 Å². The van der Waals surface area contributed by atoms with Crippen molar-refractivity contribution < 1.29 is 4.74 Å². The van der Waals surface area contributed by atoms with Gasteiger partial charge in [0.25, 0.3) is 0 Å². The highest BCUT2D eigenvalue weighted by atomic mass is 16.5. The summed E-state index contributed by atoms with van der Waals surface area (Å²) < 4.78 is 5.28. The molecular formula is C8H13NO. The maximum atomic E-state index is 5.28. The van der Waals surface area contributed by atoms with E-state index >= 15 is 0 Å². The topological polar surface area (TPSA) is 21.6 Å². The van der Waals surface area contributed by atoms with Gasteiger partial charge in [-0.15, -0.1) is 0 Å². The van der Waals surface area contributed by atoms with Crippen LogP contribution in [-0.2, 0) is 4.74 Å². The van der Waals surface area contributed by atoms with Gasteiger partial charge in [0, 0.05) is 5.57 Å². The van der Waals surface area contributed by atoms with Crippen molar-refractivity contribution in [2.45, 2.75) is 26.3 Å². The molecule has 56 valence electrons. The number of ether oxygens (including phenoxy) is 1. The van der Waals surface area contributed by atoms with Gasteiger partial charge in [0.15, 0.2) is 0 Å². The zero-order valence-electron chi connectivity index (χ0n) is 6.77. The first-order valence-corrected chi connectivity index (χ1v) is 3.40. The second kappa shape index (κ2) is 2.11. The molecule has 0 aromatic rings. The van der Waals surface area contributed by atoms with E-state index in [4.69, 9.17) is 4.74 Å². The lowest BCUT2D eigenvalue weighted by atomic mass is 10.1. The van der Waals surface area contributed by atoms with Crippen molar-refractivity contribution in [2.24, 2.45) is 4.99 Å². The first-order valence-electron chi connectivity index (χ1n) is 3.40. The molecule has 0 spiro atoms. The van der Waals surface area contributed by atoms with Crippen molar-refractivity contribution in [3.05, 3.63) is 12.2 Å². The number of nitrogens with zero attached hydrogens (tertiary/aromatic N) is 1. The number of hydrogen-bond donors (Lipinski definition) is 0. The quantitative estimate of drug-likeness (QED) is 0.542. The molecule has 0 radical (unpaired) electrons. The van der Waals surface area contributed by atoms with Crippen molar-refractivity contribution in [1.82, 2.24) is 0 Å². The van der Waals surface area contributed by atoms with Gasteiger partial charge >= 0.3 is 0 Å². The largest absolute Gasteiger partial charge is 0.475 e. The third-order valence-electron chi connectivity index (χ3n) is 1.33. The molecule has 0 saturated heterocycles. The van der Waals surface area contributed by atoms with Crippen molar-refractivity contribution in [3.8, 4) is 0 Å². The van der Waals surface area contributed by atoms with Gasteiger partial charge in [-0.05, 0) is 20.8 Å². The number of rotatable bonds is 1. The maximum absolute atomic E-state index is 5.28. The average molecular weight is 139 g/mol. The van der Waals surface area contributed by atoms with Gasteiger partial charge < -0.3 is 4.74 Å². The Kier molecular flexibility index (Phi) is 1.55. The zero-order valence-corrected chi connectivity index (χ0v) is 6.77. The highest BCUT2D eigenvalue weighted by molar-refractivity contribution is 5.93. The normalized spacial score (nSPS) is 21.7. The minimum absolute atomic E-state index is 0.0473. The molecule has 0 bridgehead atoms. The van der Waals surface area contributed by atoms with Crippen LogP contribution in [0.1, 0.15) is 20.8 Å². The van der Waals surface area contributed by atoms with E-state index in [1.165, 1.54) is 0 Å². The average Bonchev–Trinajstić information content (AvgIpc) is 2.10. The lowest BCUT2D eigenvalue weighted by molar-refractivity contribution is 0.279. The van der Waals surface area contributed by atoms with Gasteiger partial charge in [0.1, 0.15) is 6.61 Å². The Balaban J connectivity index is 2.76. The first kappa shape index (κ1) is 7.32. The van der Waals surface area contributed by atoms with Crippen molar-refractivity contribution in [1.29, 1.82) is 0 Å². The molecule has 0 N–H and O–H groups in total. The Bertz CT molecular complexity index is 191. The molecule has 0 unspecified atom stereocenters. The van der Waals surface area contributed by atoms with Crippen LogP contribution in [0, 0.1) is 0 Å². The molecule has 0 amide bonds. The van der Waals surface area contributed by atoms with Crippen LogP contribution in [0.3, 0.4) is 0 Å². The third-order valence-corrected chi connectivity index (χ3v) is 1.33. The Morgan fingerprint density at radius 1 is 1.70 bits per heavy atom. The molecular weight excluding hydrogens is 126 g/mol. The van der Waals surface area contributed by atoms with Crippen LogP contribution in [0.25, 0.3) is 0 Å². The molecule has 0 atom stereocenters. The van der Waals surface area contributed by atoms with E-state index in [1.807, 2.05) is 20.8 Å². The fourth-order valence-electron chi connectivity index (χ4n) is 0.803. The van der Waals surface area contributed by atoms with Crippen LogP contribution in [-0.4, -0.2) is 18.0 Å². The Hall–Kier alpha value is -0.790. The van der Waals surface area contributed by atoms with Crippen molar-refractivity contribution in [3.63, 3.8) is 0 Å². The number of hydrogen-bond acceptors (Lipinski definition) is 2. The summed E-state index contributed by atoms with van der Waals surface area (Å²) in [5.74, 6) is 0.713. The van der Waals surface area contributed by atoms with Crippen LogP contribution in [0.4, 0.5) is 0 Å². The van der Waals surface area contributed by atoms with E-state index in [0.717, 1.165) is 5.57 Å². The van der Waals surface area contributed by atoms with Gasteiger partial charge in [-0.1, -0.05) is 6.58 Å². The smallest absolute Gasteiger partial charge is 0.211 e. The summed E-state index contributed by atoms with van der Waals surface area (Å²) in [4.78, 5) is 4.31. The van der Waals surface area contributed by atoms with E-state index in [9.17, 15) is 0 Å². The molecule has 1 aliphatic heterocycles.